The molecule has 0 bridgehead atoms. The number of rotatable bonds is 6. The van der Waals surface area contributed by atoms with Crippen LogP contribution in [0.5, 0.6) is 0 Å². The highest BCUT2D eigenvalue weighted by molar-refractivity contribution is 6.16. The summed E-state index contributed by atoms with van der Waals surface area (Å²) in [6.45, 7) is 2.77. The first-order valence-corrected chi connectivity index (χ1v) is 11.5. The van der Waals surface area contributed by atoms with Gasteiger partial charge in [0.05, 0.1) is 12.3 Å². The molecular weight excluding hydrogens is 394 g/mol. The Morgan fingerprint density at radius 3 is 2.59 bits per heavy atom. The lowest BCUT2D eigenvalue weighted by molar-refractivity contribution is 0.0894. The number of Topliss-reactive ketones (excluding diaryl/α,β-unsaturated/α-hetero) is 1. The van der Waals surface area contributed by atoms with Crippen LogP contribution in [0.3, 0.4) is 0 Å². The van der Waals surface area contributed by atoms with Crippen molar-refractivity contribution in [3.8, 4) is 0 Å². The highest BCUT2D eigenvalue weighted by atomic mass is 16.1. The van der Waals surface area contributed by atoms with Crippen LogP contribution in [0.2, 0.25) is 0 Å². The summed E-state index contributed by atoms with van der Waals surface area (Å²) in [5.41, 5.74) is 6.50. The van der Waals surface area contributed by atoms with Gasteiger partial charge in [-0.2, -0.15) is 0 Å². The molecule has 4 nitrogen and oxygen atoms in total. The van der Waals surface area contributed by atoms with E-state index in [9.17, 15) is 4.79 Å². The predicted octanol–water partition coefficient (Wildman–Crippen LogP) is 4.82. The lowest BCUT2D eigenvalue weighted by Crippen LogP contribution is -2.39. The zero-order chi connectivity index (χ0) is 21.9. The maximum atomic E-state index is 13.3. The maximum Gasteiger partial charge on any atom is 0.163 e. The first kappa shape index (κ1) is 20.8. The number of ketones is 1. The third-order valence-electron chi connectivity index (χ3n) is 6.70. The molecule has 0 radical (unpaired) electrons. The molecule has 2 unspecified atom stereocenters. The Bertz CT molecular complexity index is 1120. The second-order valence-electron chi connectivity index (χ2n) is 9.28. The van der Waals surface area contributed by atoms with E-state index in [4.69, 9.17) is 4.99 Å². The lowest BCUT2D eigenvalue weighted by atomic mass is 9.82. The van der Waals surface area contributed by atoms with Crippen molar-refractivity contribution in [2.75, 3.05) is 20.1 Å². The van der Waals surface area contributed by atoms with Gasteiger partial charge < -0.3 is 4.90 Å². The number of carbonyl (C=O) groups is 1. The van der Waals surface area contributed by atoms with E-state index in [1.165, 1.54) is 11.1 Å². The Morgan fingerprint density at radius 1 is 1.00 bits per heavy atom. The van der Waals surface area contributed by atoms with Gasteiger partial charge >= 0.3 is 0 Å². The van der Waals surface area contributed by atoms with E-state index < -0.39 is 0 Å². The number of piperidine rings is 1. The summed E-state index contributed by atoms with van der Waals surface area (Å²) < 4.78 is 0. The minimum Gasteiger partial charge on any atom is -0.306 e. The van der Waals surface area contributed by atoms with Gasteiger partial charge in [0.1, 0.15) is 0 Å². The molecule has 0 spiro atoms. The van der Waals surface area contributed by atoms with E-state index in [1.807, 2.05) is 18.2 Å². The normalized spacial score (nSPS) is 20.6. The van der Waals surface area contributed by atoms with Crippen molar-refractivity contribution in [2.24, 2.45) is 16.8 Å². The monoisotopic (exact) mass is 423 g/mol. The molecule has 0 saturated carbocycles. The number of hydrogen-bond donors (Lipinski definition) is 0. The summed E-state index contributed by atoms with van der Waals surface area (Å²) in [6.07, 6.45) is 6.38. The minimum atomic E-state index is 0.243. The van der Waals surface area contributed by atoms with E-state index in [2.05, 4.69) is 59.4 Å². The molecule has 2 aliphatic rings. The standard InChI is InChI=1S/C28H29N3O/c1-31-18-21(13-20-5-3-2-4-6-20)14-22(19-31)15-27(32)24-7-8-25-17-30-28(26(25)16-24)23-9-11-29-12-10-23/h2-12,16,21-22H,13-15,17-19H2,1H3. The van der Waals surface area contributed by atoms with Gasteiger partial charge in [0.2, 0.25) is 0 Å². The minimum absolute atomic E-state index is 0.243. The summed E-state index contributed by atoms with van der Waals surface area (Å²) in [6, 6.07) is 20.8. The molecule has 3 aromatic rings. The van der Waals surface area contributed by atoms with Crippen molar-refractivity contribution in [2.45, 2.75) is 25.8 Å². The predicted molar refractivity (Wildman–Crippen MR) is 128 cm³/mol. The number of nitrogens with zero attached hydrogens (tertiary/aromatic N) is 3. The van der Waals surface area contributed by atoms with E-state index in [0.29, 0.717) is 24.8 Å². The fourth-order valence-electron chi connectivity index (χ4n) is 5.31. The highest BCUT2D eigenvalue weighted by Gasteiger charge is 2.28. The molecule has 1 saturated heterocycles. The van der Waals surface area contributed by atoms with E-state index in [1.54, 1.807) is 12.4 Å². The number of hydrogen-bond acceptors (Lipinski definition) is 4. The van der Waals surface area contributed by atoms with Gasteiger partial charge in [0, 0.05) is 48.6 Å². The third kappa shape index (κ3) is 4.56. The molecule has 5 rings (SSSR count). The molecule has 4 heteroatoms. The topological polar surface area (TPSA) is 45.6 Å². The number of pyridine rings is 1. The van der Waals surface area contributed by atoms with Crippen molar-refractivity contribution in [3.63, 3.8) is 0 Å². The largest absolute Gasteiger partial charge is 0.306 e. The van der Waals surface area contributed by atoms with Gasteiger partial charge in [-0.25, -0.2) is 0 Å². The lowest BCUT2D eigenvalue weighted by Gasteiger charge is -2.35. The number of likely N-dealkylation sites (tertiary alicyclic amines) is 1. The van der Waals surface area contributed by atoms with Crippen molar-refractivity contribution < 1.29 is 4.79 Å². The van der Waals surface area contributed by atoms with Gasteiger partial charge in [-0.05, 0) is 61.1 Å². The van der Waals surface area contributed by atoms with Crippen LogP contribution < -0.4 is 0 Å². The summed E-state index contributed by atoms with van der Waals surface area (Å²) in [7, 11) is 2.18. The molecule has 1 fully saturated rings. The fraction of sp³-hybridized carbons (Fsp3) is 0.321. The molecule has 2 aliphatic heterocycles. The zero-order valence-corrected chi connectivity index (χ0v) is 18.6. The Morgan fingerprint density at radius 2 is 1.78 bits per heavy atom. The molecule has 0 N–H and O–H groups in total. The Hall–Kier alpha value is -3.11. The van der Waals surface area contributed by atoms with Crippen LogP contribution in [-0.4, -0.2) is 41.5 Å². The summed E-state index contributed by atoms with van der Waals surface area (Å²) >= 11 is 0. The first-order chi connectivity index (χ1) is 15.7. The van der Waals surface area contributed by atoms with Gasteiger partial charge in [-0.1, -0.05) is 42.5 Å². The smallest absolute Gasteiger partial charge is 0.163 e. The number of fused-ring (bicyclic) bond motifs is 1. The second kappa shape index (κ2) is 9.17. The first-order valence-electron chi connectivity index (χ1n) is 11.5. The second-order valence-corrected chi connectivity index (χ2v) is 9.28. The third-order valence-corrected chi connectivity index (χ3v) is 6.70. The van der Waals surface area contributed by atoms with Crippen molar-refractivity contribution in [1.82, 2.24) is 9.88 Å². The molecular formula is C28H29N3O. The number of aliphatic imine (C=N–C) groups is 1. The van der Waals surface area contributed by atoms with Gasteiger partial charge in [-0.15, -0.1) is 0 Å². The van der Waals surface area contributed by atoms with E-state index in [-0.39, 0.29) is 5.78 Å². The van der Waals surface area contributed by atoms with Crippen LogP contribution in [0, 0.1) is 11.8 Å². The Balaban J connectivity index is 1.28. The average molecular weight is 424 g/mol. The zero-order valence-electron chi connectivity index (χ0n) is 18.6. The van der Waals surface area contributed by atoms with Crippen LogP contribution in [0.25, 0.3) is 0 Å². The molecule has 162 valence electrons. The number of aromatic nitrogens is 1. The molecule has 0 aliphatic carbocycles. The molecule has 0 amide bonds. The quantitative estimate of drug-likeness (QED) is 0.534. The molecule has 2 aromatic carbocycles. The number of carbonyl (C=O) groups excluding carboxylic acids is 1. The van der Waals surface area contributed by atoms with Gasteiger partial charge in [0.15, 0.2) is 5.78 Å². The maximum absolute atomic E-state index is 13.3. The van der Waals surface area contributed by atoms with Crippen LogP contribution in [0.1, 0.15) is 45.5 Å². The summed E-state index contributed by atoms with van der Waals surface area (Å²) in [5, 5.41) is 0. The SMILES string of the molecule is CN1CC(CC(=O)c2ccc3c(c2)C(c2ccncc2)=NC3)CC(Cc2ccccc2)C1. The van der Waals surface area contributed by atoms with Gasteiger partial charge in [-0.3, -0.25) is 14.8 Å². The van der Waals surface area contributed by atoms with Crippen LogP contribution in [0.15, 0.2) is 78.0 Å². The summed E-state index contributed by atoms with van der Waals surface area (Å²) in [4.78, 5) is 24.5. The number of benzene rings is 2. The fourth-order valence-corrected chi connectivity index (χ4v) is 5.31. The van der Waals surface area contributed by atoms with E-state index >= 15 is 0 Å². The average Bonchev–Trinajstić information content (AvgIpc) is 3.23. The summed E-state index contributed by atoms with van der Waals surface area (Å²) in [5.74, 6) is 1.24. The van der Waals surface area contributed by atoms with E-state index in [0.717, 1.165) is 48.3 Å². The Kier molecular flexibility index (Phi) is 5.95. The molecule has 3 heterocycles. The van der Waals surface area contributed by atoms with Crippen LogP contribution >= 0.6 is 0 Å². The van der Waals surface area contributed by atoms with Crippen molar-refractivity contribution in [1.29, 1.82) is 0 Å². The highest BCUT2D eigenvalue weighted by Crippen LogP contribution is 2.29. The van der Waals surface area contributed by atoms with Crippen molar-refractivity contribution >= 4 is 11.5 Å². The Labute approximate surface area is 190 Å². The molecule has 1 aromatic heterocycles. The van der Waals surface area contributed by atoms with Crippen LogP contribution in [-0.2, 0) is 13.0 Å². The van der Waals surface area contributed by atoms with Gasteiger partial charge in [0.25, 0.3) is 0 Å². The molecule has 32 heavy (non-hydrogen) atoms. The van der Waals surface area contributed by atoms with Crippen LogP contribution in [0.4, 0.5) is 0 Å². The van der Waals surface area contributed by atoms with Crippen molar-refractivity contribution in [3.05, 3.63) is 101 Å². The molecule has 2 atom stereocenters.